The number of anilines is 1. The van der Waals surface area contributed by atoms with E-state index in [0.717, 1.165) is 26.2 Å². The van der Waals surface area contributed by atoms with Crippen LogP contribution in [0.3, 0.4) is 0 Å². The van der Waals surface area contributed by atoms with Crippen molar-refractivity contribution in [1.29, 1.82) is 0 Å². The predicted octanol–water partition coefficient (Wildman–Crippen LogP) is 1.30. The molecule has 5 heteroatoms. The molecular formula is C15H24FN3O. The largest absolute Gasteiger partial charge is 0.396 e. The van der Waals surface area contributed by atoms with Crippen LogP contribution in [-0.2, 0) is 6.54 Å². The Morgan fingerprint density at radius 2 is 1.80 bits per heavy atom. The second kappa shape index (κ2) is 6.08. The molecule has 1 aliphatic heterocycles. The predicted molar refractivity (Wildman–Crippen MR) is 78.8 cm³/mol. The van der Waals surface area contributed by atoms with Crippen LogP contribution in [0.4, 0.5) is 10.1 Å². The summed E-state index contributed by atoms with van der Waals surface area (Å²) in [5.74, 6) is -0.300. The Bertz CT molecular complexity index is 451. The molecule has 0 bridgehead atoms. The number of rotatable bonds is 4. The molecule has 0 radical (unpaired) electrons. The first-order chi connectivity index (χ1) is 9.35. The number of nitrogen functional groups attached to an aromatic ring is 1. The molecular weight excluding hydrogens is 257 g/mol. The SMILES string of the molecule is CC(C)(O)CN1CCN(Cc2cccc(N)c2F)CC1. The molecule has 1 fully saturated rings. The van der Waals surface area contributed by atoms with Crippen LogP contribution in [0.25, 0.3) is 0 Å². The van der Waals surface area contributed by atoms with Gasteiger partial charge in [-0.05, 0) is 19.9 Å². The van der Waals surface area contributed by atoms with E-state index in [4.69, 9.17) is 5.73 Å². The summed E-state index contributed by atoms with van der Waals surface area (Å²) in [6.07, 6.45) is 0. The number of hydrogen-bond donors (Lipinski definition) is 2. The molecule has 3 N–H and O–H groups in total. The maximum absolute atomic E-state index is 13.9. The first kappa shape index (κ1) is 15.2. The molecule has 1 aromatic carbocycles. The van der Waals surface area contributed by atoms with Crippen molar-refractivity contribution in [1.82, 2.24) is 9.80 Å². The summed E-state index contributed by atoms with van der Waals surface area (Å²) in [4.78, 5) is 4.46. The monoisotopic (exact) mass is 281 g/mol. The van der Waals surface area contributed by atoms with Crippen molar-refractivity contribution in [2.24, 2.45) is 0 Å². The van der Waals surface area contributed by atoms with E-state index in [1.165, 1.54) is 0 Å². The van der Waals surface area contributed by atoms with Gasteiger partial charge in [-0.1, -0.05) is 12.1 Å². The average molecular weight is 281 g/mol. The Hall–Kier alpha value is -1.17. The van der Waals surface area contributed by atoms with E-state index in [-0.39, 0.29) is 11.5 Å². The molecule has 0 aromatic heterocycles. The lowest BCUT2D eigenvalue weighted by Crippen LogP contribution is -2.50. The van der Waals surface area contributed by atoms with Crippen LogP contribution < -0.4 is 5.73 Å². The highest BCUT2D eigenvalue weighted by Crippen LogP contribution is 2.17. The number of hydrogen-bond acceptors (Lipinski definition) is 4. The summed E-state index contributed by atoms with van der Waals surface area (Å²) in [5, 5.41) is 9.82. The second-order valence-electron chi connectivity index (χ2n) is 6.19. The van der Waals surface area contributed by atoms with Crippen LogP contribution in [0.15, 0.2) is 18.2 Å². The van der Waals surface area contributed by atoms with E-state index < -0.39 is 5.60 Å². The fraction of sp³-hybridized carbons (Fsp3) is 0.600. The van der Waals surface area contributed by atoms with Gasteiger partial charge in [0.05, 0.1) is 11.3 Å². The number of aliphatic hydroxyl groups is 1. The van der Waals surface area contributed by atoms with Crippen molar-refractivity contribution >= 4 is 5.69 Å². The molecule has 1 aliphatic rings. The summed E-state index contributed by atoms with van der Waals surface area (Å²) in [7, 11) is 0. The molecule has 0 atom stereocenters. The third kappa shape index (κ3) is 4.16. The fourth-order valence-electron chi connectivity index (χ4n) is 2.62. The van der Waals surface area contributed by atoms with E-state index in [2.05, 4.69) is 9.80 Å². The van der Waals surface area contributed by atoms with Gasteiger partial charge in [0.25, 0.3) is 0 Å². The summed E-state index contributed by atoms with van der Waals surface area (Å²) in [5.41, 5.74) is 5.79. The third-order valence-electron chi connectivity index (χ3n) is 3.58. The van der Waals surface area contributed by atoms with Gasteiger partial charge < -0.3 is 10.8 Å². The topological polar surface area (TPSA) is 52.7 Å². The normalized spacial score (nSPS) is 18.4. The number of nitrogens with zero attached hydrogens (tertiary/aromatic N) is 2. The van der Waals surface area contributed by atoms with Crippen LogP contribution in [0.5, 0.6) is 0 Å². The van der Waals surface area contributed by atoms with Crippen LogP contribution in [0.1, 0.15) is 19.4 Å². The summed E-state index contributed by atoms with van der Waals surface area (Å²) >= 11 is 0. The number of halogens is 1. The maximum atomic E-state index is 13.9. The molecule has 0 aliphatic carbocycles. The Balaban J connectivity index is 1.87. The van der Waals surface area contributed by atoms with Gasteiger partial charge in [-0.15, -0.1) is 0 Å². The molecule has 1 aromatic rings. The van der Waals surface area contributed by atoms with E-state index in [0.29, 0.717) is 18.7 Å². The molecule has 1 saturated heterocycles. The van der Waals surface area contributed by atoms with Crippen molar-refractivity contribution < 1.29 is 9.50 Å². The molecule has 112 valence electrons. The number of piperazine rings is 1. The zero-order chi connectivity index (χ0) is 14.8. The van der Waals surface area contributed by atoms with Gasteiger partial charge in [0, 0.05) is 44.8 Å². The molecule has 20 heavy (non-hydrogen) atoms. The minimum Gasteiger partial charge on any atom is -0.396 e. The third-order valence-corrected chi connectivity index (χ3v) is 3.58. The van der Waals surface area contributed by atoms with Gasteiger partial charge in [-0.3, -0.25) is 9.80 Å². The van der Waals surface area contributed by atoms with Gasteiger partial charge in [0.1, 0.15) is 0 Å². The highest BCUT2D eigenvalue weighted by molar-refractivity contribution is 5.42. The lowest BCUT2D eigenvalue weighted by atomic mass is 10.1. The number of benzene rings is 1. The van der Waals surface area contributed by atoms with Gasteiger partial charge in [-0.2, -0.15) is 0 Å². The summed E-state index contributed by atoms with van der Waals surface area (Å²) in [6.45, 7) is 8.46. The van der Waals surface area contributed by atoms with Crippen molar-refractivity contribution in [2.45, 2.75) is 26.0 Å². The van der Waals surface area contributed by atoms with Gasteiger partial charge in [0.2, 0.25) is 0 Å². The molecule has 0 spiro atoms. The smallest absolute Gasteiger partial charge is 0.150 e. The zero-order valence-electron chi connectivity index (χ0n) is 12.3. The van der Waals surface area contributed by atoms with Crippen LogP contribution in [0.2, 0.25) is 0 Å². The van der Waals surface area contributed by atoms with E-state index in [9.17, 15) is 9.50 Å². The standard InChI is InChI=1S/C15H24FN3O/c1-15(2,20)11-19-8-6-18(7-9-19)10-12-4-3-5-13(17)14(12)16/h3-5,20H,6-11,17H2,1-2H3. The Kier molecular flexibility index (Phi) is 4.62. The fourth-order valence-corrected chi connectivity index (χ4v) is 2.62. The quantitative estimate of drug-likeness (QED) is 0.817. The molecule has 0 unspecified atom stereocenters. The van der Waals surface area contributed by atoms with Crippen molar-refractivity contribution in [3.63, 3.8) is 0 Å². The van der Waals surface area contributed by atoms with Crippen molar-refractivity contribution in [3.05, 3.63) is 29.6 Å². The van der Waals surface area contributed by atoms with Crippen LogP contribution in [-0.4, -0.2) is 53.2 Å². The lowest BCUT2D eigenvalue weighted by Gasteiger charge is -2.37. The van der Waals surface area contributed by atoms with Crippen LogP contribution >= 0.6 is 0 Å². The number of β-amino-alcohol motifs (C(OH)–C–C–N with tert-alkyl or cyclic N) is 1. The number of nitrogens with two attached hydrogens (primary N) is 1. The zero-order valence-corrected chi connectivity index (χ0v) is 12.3. The average Bonchev–Trinajstić information content (AvgIpc) is 2.35. The lowest BCUT2D eigenvalue weighted by molar-refractivity contribution is 0.0165. The van der Waals surface area contributed by atoms with Crippen LogP contribution in [0, 0.1) is 5.82 Å². The first-order valence-electron chi connectivity index (χ1n) is 7.05. The molecule has 0 saturated carbocycles. The summed E-state index contributed by atoms with van der Waals surface area (Å²) in [6, 6.07) is 5.16. The highest BCUT2D eigenvalue weighted by Gasteiger charge is 2.23. The van der Waals surface area contributed by atoms with Crippen molar-refractivity contribution in [2.75, 3.05) is 38.5 Å². The molecule has 0 amide bonds. The molecule has 4 nitrogen and oxygen atoms in total. The highest BCUT2D eigenvalue weighted by atomic mass is 19.1. The first-order valence-corrected chi connectivity index (χ1v) is 7.05. The van der Waals surface area contributed by atoms with Crippen molar-refractivity contribution in [3.8, 4) is 0 Å². The Labute approximate surface area is 120 Å². The maximum Gasteiger partial charge on any atom is 0.150 e. The van der Waals surface area contributed by atoms with Gasteiger partial charge >= 0.3 is 0 Å². The Morgan fingerprint density at radius 3 is 2.40 bits per heavy atom. The van der Waals surface area contributed by atoms with Gasteiger partial charge in [-0.25, -0.2) is 4.39 Å². The minimum absolute atomic E-state index is 0.211. The van der Waals surface area contributed by atoms with E-state index in [1.807, 2.05) is 13.8 Å². The Morgan fingerprint density at radius 1 is 1.20 bits per heavy atom. The second-order valence-corrected chi connectivity index (χ2v) is 6.19. The van der Waals surface area contributed by atoms with E-state index in [1.54, 1.807) is 18.2 Å². The minimum atomic E-state index is -0.665. The molecule has 1 heterocycles. The summed E-state index contributed by atoms with van der Waals surface area (Å²) < 4.78 is 13.9. The molecule has 2 rings (SSSR count). The van der Waals surface area contributed by atoms with Gasteiger partial charge in [0.15, 0.2) is 5.82 Å². The van der Waals surface area contributed by atoms with E-state index >= 15 is 0 Å².